The number of benzene rings is 6. The predicted molar refractivity (Wildman–Crippen MR) is 167 cm³/mol. The molecule has 0 atom stereocenters. The van der Waals surface area contributed by atoms with Gasteiger partial charge in [0.25, 0.3) is 0 Å². The molecule has 39 heavy (non-hydrogen) atoms. The van der Waals surface area contributed by atoms with Gasteiger partial charge in [0.1, 0.15) is 0 Å². The minimum absolute atomic E-state index is 1.17. The maximum atomic E-state index is 2.44. The van der Waals surface area contributed by atoms with Gasteiger partial charge in [-0.25, -0.2) is 0 Å². The molecule has 7 aromatic rings. The lowest BCUT2D eigenvalue weighted by Gasteiger charge is -2.15. The van der Waals surface area contributed by atoms with Gasteiger partial charge >= 0.3 is 0 Å². The van der Waals surface area contributed by atoms with Gasteiger partial charge in [-0.15, -0.1) is 0 Å². The van der Waals surface area contributed by atoms with Crippen LogP contribution < -0.4 is 0 Å². The Morgan fingerprint density at radius 3 is 1.64 bits per heavy atom. The van der Waals surface area contributed by atoms with E-state index in [-0.39, 0.29) is 0 Å². The Morgan fingerprint density at radius 2 is 0.974 bits per heavy atom. The van der Waals surface area contributed by atoms with Gasteiger partial charge in [-0.05, 0) is 94.8 Å². The molecule has 0 aliphatic heterocycles. The van der Waals surface area contributed by atoms with Gasteiger partial charge in [0.2, 0.25) is 0 Å². The molecule has 0 unspecified atom stereocenters. The van der Waals surface area contributed by atoms with Crippen molar-refractivity contribution >= 4 is 21.8 Å². The first-order valence-corrected chi connectivity index (χ1v) is 13.5. The molecule has 0 saturated heterocycles. The monoisotopic (exact) mass is 499 g/mol. The van der Waals surface area contributed by atoms with Crippen molar-refractivity contribution in [2.24, 2.45) is 0 Å². The summed E-state index contributed by atoms with van der Waals surface area (Å²) >= 11 is 0. The highest BCUT2D eigenvalue weighted by molar-refractivity contribution is 6.11. The Bertz CT molecular complexity index is 1900. The van der Waals surface area contributed by atoms with Crippen LogP contribution in [0.3, 0.4) is 0 Å². The average Bonchev–Trinajstić information content (AvgIpc) is 3.31. The molecule has 0 N–H and O–H groups in total. The zero-order valence-corrected chi connectivity index (χ0v) is 22.2. The van der Waals surface area contributed by atoms with E-state index in [1.807, 2.05) is 0 Å². The molecule has 1 aromatic heterocycles. The van der Waals surface area contributed by atoms with E-state index in [0.29, 0.717) is 0 Å². The van der Waals surface area contributed by atoms with Crippen molar-refractivity contribution in [1.29, 1.82) is 0 Å². The molecule has 0 radical (unpaired) electrons. The van der Waals surface area contributed by atoms with Crippen LogP contribution in [-0.2, 0) is 0 Å². The van der Waals surface area contributed by atoms with Crippen molar-refractivity contribution in [2.75, 3.05) is 0 Å². The largest absolute Gasteiger partial charge is 0.309 e. The maximum absolute atomic E-state index is 2.44. The first kappa shape index (κ1) is 23.3. The Hall–Kier alpha value is -4.88. The molecule has 0 aliphatic rings. The number of rotatable bonds is 4. The van der Waals surface area contributed by atoms with Crippen molar-refractivity contribution in [3.05, 3.63) is 151 Å². The van der Waals surface area contributed by atoms with Crippen molar-refractivity contribution in [1.82, 2.24) is 4.57 Å². The average molecular weight is 500 g/mol. The third-order valence-corrected chi connectivity index (χ3v) is 7.84. The minimum Gasteiger partial charge on any atom is -0.309 e. The molecule has 1 nitrogen and oxygen atoms in total. The first-order chi connectivity index (χ1) is 19.2. The summed E-state index contributed by atoms with van der Waals surface area (Å²) in [6.45, 7) is 4.43. The molecule has 1 heteroatoms. The summed E-state index contributed by atoms with van der Waals surface area (Å²) in [6.07, 6.45) is 0. The zero-order valence-electron chi connectivity index (χ0n) is 22.2. The van der Waals surface area contributed by atoms with Crippen LogP contribution in [0.2, 0.25) is 0 Å². The second kappa shape index (κ2) is 9.45. The van der Waals surface area contributed by atoms with Crippen LogP contribution in [0.5, 0.6) is 0 Å². The molecule has 186 valence electrons. The molecule has 0 spiro atoms. The Kier molecular flexibility index (Phi) is 5.64. The van der Waals surface area contributed by atoms with Crippen LogP contribution >= 0.6 is 0 Å². The first-order valence-electron chi connectivity index (χ1n) is 13.5. The highest BCUT2D eigenvalue weighted by Crippen LogP contribution is 2.39. The molecular weight excluding hydrogens is 470 g/mol. The fourth-order valence-electron chi connectivity index (χ4n) is 5.90. The summed E-state index contributed by atoms with van der Waals surface area (Å²) in [4.78, 5) is 0. The fraction of sp³-hybridized carbons (Fsp3) is 0.0526. The zero-order chi connectivity index (χ0) is 26.3. The molecular formula is C38H29N. The van der Waals surface area contributed by atoms with Crippen molar-refractivity contribution in [2.45, 2.75) is 13.8 Å². The molecule has 0 saturated carbocycles. The predicted octanol–water partition coefficient (Wildman–Crippen LogP) is 10.4. The van der Waals surface area contributed by atoms with Crippen LogP contribution in [0, 0.1) is 13.8 Å². The van der Waals surface area contributed by atoms with Gasteiger partial charge in [-0.1, -0.05) is 103 Å². The third kappa shape index (κ3) is 4.04. The lowest BCUT2D eigenvalue weighted by atomic mass is 9.95. The number of aryl methyl sites for hydroxylation is 2. The van der Waals surface area contributed by atoms with Crippen LogP contribution in [0.15, 0.2) is 140 Å². The molecule has 1 heterocycles. The number of hydrogen-bond acceptors (Lipinski definition) is 0. The van der Waals surface area contributed by atoms with Crippen LogP contribution in [0.1, 0.15) is 11.1 Å². The van der Waals surface area contributed by atoms with E-state index in [0.717, 1.165) is 0 Å². The summed E-state index contributed by atoms with van der Waals surface area (Å²) < 4.78 is 2.44. The summed E-state index contributed by atoms with van der Waals surface area (Å²) in [7, 11) is 0. The molecule has 6 aromatic carbocycles. The van der Waals surface area contributed by atoms with Gasteiger partial charge in [0, 0.05) is 16.5 Å². The second-order valence-electron chi connectivity index (χ2n) is 10.4. The third-order valence-electron chi connectivity index (χ3n) is 7.84. The molecule has 0 aliphatic carbocycles. The standard InChI is InChI=1S/C38H29N/c1-26-13-9-10-18-33(26)35-25-36-34-19-11-12-20-37(34)39(38(36)21-27(35)2)32-23-30(28-14-5-3-6-15-28)22-31(24-32)29-16-7-4-8-17-29/h3-25H,1-2H3. The van der Waals surface area contributed by atoms with Gasteiger partial charge in [-0.3, -0.25) is 0 Å². The molecule has 0 bridgehead atoms. The van der Waals surface area contributed by atoms with E-state index < -0.39 is 0 Å². The number of nitrogens with zero attached hydrogens (tertiary/aromatic N) is 1. The summed E-state index contributed by atoms with van der Waals surface area (Å²) in [5.41, 5.74) is 13.7. The number of hydrogen-bond donors (Lipinski definition) is 0. The SMILES string of the molecule is Cc1ccccc1-c1cc2c3ccccc3n(-c3cc(-c4ccccc4)cc(-c4ccccc4)c3)c2cc1C. The quantitative estimate of drug-likeness (QED) is 0.227. The number of aromatic nitrogens is 1. The molecule has 7 rings (SSSR count). The van der Waals surface area contributed by atoms with E-state index in [2.05, 4.69) is 158 Å². The van der Waals surface area contributed by atoms with E-state index in [9.17, 15) is 0 Å². The summed E-state index contributed by atoms with van der Waals surface area (Å²) in [6, 6.07) is 50.6. The van der Waals surface area contributed by atoms with Gasteiger partial charge in [0.05, 0.1) is 11.0 Å². The molecule has 0 amide bonds. The molecule has 0 fully saturated rings. The summed E-state index contributed by atoms with van der Waals surface area (Å²) in [5, 5.41) is 2.55. The van der Waals surface area contributed by atoms with Gasteiger partial charge in [0.15, 0.2) is 0 Å². The second-order valence-corrected chi connectivity index (χ2v) is 10.4. The fourth-order valence-corrected chi connectivity index (χ4v) is 5.90. The lowest BCUT2D eigenvalue weighted by molar-refractivity contribution is 1.18. The van der Waals surface area contributed by atoms with E-state index >= 15 is 0 Å². The number of para-hydroxylation sites is 1. The topological polar surface area (TPSA) is 4.93 Å². The Balaban J connectivity index is 1.54. The van der Waals surface area contributed by atoms with Crippen molar-refractivity contribution in [3.63, 3.8) is 0 Å². The highest BCUT2D eigenvalue weighted by atomic mass is 15.0. The highest BCUT2D eigenvalue weighted by Gasteiger charge is 2.17. The normalized spacial score (nSPS) is 11.3. The Morgan fingerprint density at radius 1 is 0.385 bits per heavy atom. The van der Waals surface area contributed by atoms with E-state index in [1.165, 1.54) is 72.0 Å². The minimum atomic E-state index is 1.17. The summed E-state index contributed by atoms with van der Waals surface area (Å²) in [5.74, 6) is 0. The van der Waals surface area contributed by atoms with Crippen LogP contribution in [0.4, 0.5) is 0 Å². The Labute approximate surface area is 229 Å². The lowest BCUT2D eigenvalue weighted by Crippen LogP contribution is -1.97. The van der Waals surface area contributed by atoms with Crippen LogP contribution in [-0.4, -0.2) is 4.57 Å². The van der Waals surface area contributed by atoms with Crippen LogP contribution in [0.25, 0.3) is 60.9 Å². The van der Waals surface area contributed by atoms with E-state index in [4.69, 9.17) is 0 Å². The smallest absolute Gasteiger partial charge is 0.0544 e. The number of fused-ring (bicyclic) bond motifs is 3. The maximum Gasteiger partial charge on any atom is 0.0544 e. The van der Waals surface area contributed by atoms with Crippen molar-refractivity contribution < 1.29 is 0 Å². The van der Waals surface area contributed by atoms with Gasteiger partial charge in [-0.2, -0.15) is 0 Å². The van der Waals surface area contributed by atoms with Crippen molar-refractivity contribution in [3.8, 4) is 39.1 Å². The van der Waals surface area contributed by atoms with Gasteiger partial charge < -0.3 is 4.57 Å². The van der Waals surface area contributed by atoms with E-state index in [1.54, 1.807) is 0 Å².